The zero-order valence-corrected chi connectivity index (χ0v) is 23.5. The topological polar surface area (TPSA) is 112 Å². The number of nitrogens with zero attached hydrogens (tertiary/aromatic N) is 1. The maximum atomic E-state index is 13.9. The molecule has 3 N–H and O–H groups in total. The third kappa shape index (κ3) is 6.10. The van der Waals surface area contributed by atoms with Crippen molar-refractivity contribution in [3.05, 3.63) is 63.6 Å². The van der Waals surface area contributed by atoms with Crippen LogP contribution in [-0.4, -0.2) is 58.3 Å². The van der Waals surface area contributed by atoms with E-state index in [-0.39, 0.29) is 37.9 Å². The summed E-state index contributed by atoms with van der Waals surface area (Å²) in [7, 11) is 0. The van der Waals surface area contributed by atoms with Gasteiger partial charge in [0, 0.05) is 37.1 Å². The van der Waals surface area contributed by atoms with Crippen molar-refractivity contribution in [2.45, 2.75) is 63.3 Å². The van der Waals surface area contributed by atoms with Gasteiger partial charge in [-0.15, -0.1) is 0 Å². The number of benzene rings is 1. The molecular weight excluding hydrogens is 599 g/mol. The number of para-hydroxylation sites is 1. The summed E-state index contributed by atoms with van der Waals surface area (Å²) in [6.45, 7) is 0.217. The van der Waals surface area contributed by atoms with E-state index < -0.39 is 18.2 Å². The Morgan fingerprint density at radius 1 is 1.18 bits per heavy atom. The zero-order valence-electron chi connectivity index (χ0n) is 21.3. The molecule has 8 nitrogen and oxygen atoms in total. The molecule has 0 aliphatic heterocycles. The lowest BCUT2D eigenvalue weighted by Gasteiger charge is -2.41. The van der Waals surface area contributed by atoms with Gasteiger partial charge in [-0.3, -0.25) is 9.59 Å². The van der Waals surface area contributed by atoms with Crippen molar-refractivity contribution in [1.29, 1.82) is 0 Å². The molecule has 0 radical (unpaired) electrons. The molecule has 0 spiro atoms. The van der Waals surface area contributed by atoms with Gasteiger partial charge in [0.05, 0.1) is 28.7 Å². The summed E-state index contributed by atoms with van der Waals surface area (Å²) in [6.07, 6.45) is 8.35. The number of furan rings is 1. The average molecular weight is 635 g/mol. The molecule has 1 aromatic heterocycles. The Balaban J connectivity index is 1.43. The molecule has 9 heteroatoms. The van der Waals surface area contributed by atoms with Crippen LogP contribution in [0, 0.1) is 21.3 Å². The van der Waals surface area contributed by atoms with Crippen LogP contribution in [0.5, 0.6) is 5.75 Å². The molecule has 2 bridgehead atoms. The molecule has 38 heavy (non-hydrogen) atoms. The molecular formula is C29H35IN2O6. The molecule has 2 fully saturated rings. The van der Waals surface area contributed by atoms with Crippen LogP contribution in [0.2, 0.25) is 0 Å². The average Bonchev–Trinajstić information content (AvgIpc) is 3.68. The minimum absolute atomic E-state index is 0.0159. The highest BCUT2D eigenvalue weighted by Crippen LogP contribution is 2.49. The van der Waals surface area contributed by atoms with E-state index in [1.807, 2.05) is 30.3 Å². The number of nitrogens with one attached hydrogen (secondary N) is 1. The van der Waals surface area contributed by atoms with Gasteiger partial charge >= 0.3 is 0 Å². The van der Waals surface area contributed by atoms with E-state index >= 15 is 0 Å². The molecule has 6 atom stereocenters. The van der Waals surface area contributed by atoms with Crippen LogP contribution in [0.25, 0.3) is 0 Å². The quantitative estimate of drug-likeness (QED) is 0.344. The first-order chi connectivity index (χ1) is 18.4. The van der Waals surface area contributed by atoms with E-state index in [2.05, 4.69) is 27.9 Å². The van der Waals surface area contributed by atoms with Gasteiger partial charge in [-0.05, 0) is 83.9 Å². The Hall–Kier alpha value is -2.37. The van der Waals surface area contributed by atoms with Gasteiger partial charge in [0.25, 0.3) is 0 Å². The van der Waals surface area contributed by atoms with Crippen LogP contribution in [-0.2, 0) is 16.1 Å². The molecule has 2 saturated carbocycles. The van der Waals surface area contributed by atoms with E-state index in [0.29, 0.717) is 29.6 Å². The van der Waals surface area contributed by atoms with Crippen LogP contribution < -0.4 is 10.1 Å². The summed E-state index contributed by atoms with van der Waals surface area (Å²) in [4.78, 5) is 28.6. The van der Waals surface area contributed by atoms with Gasteiger partial charge in [-0.1, -0.05) is 18.6 Å². The summed E-state index contributed by atoms with van der Waals surface area (Å²) in [6, 6.07) is 8.64. The standard InChI is InChI=1S/C29H35IN2O6/c30-23-3-1-2-4-25(23)38-26-14-22(29(36)31-8-9-33)13-24(28(26)35)32(16-19-7-10-37-17-19)27(34)15-21-12-18-5-6-20(21)11-18/h1-4,7,10,14,17-18,20-21,24,26,28,33,35H,5-6,8-9,11-13,15-16H2,(H,31,36). The van der Waals surface area contributed by atoms with E-state index in [1.54, 1.807) is 23.5 Å². The first kappa shape index (κ1) is 27.2. The van der Waals surface area contributed by atoms with Crippen molar-refractivity contribution in [3.8, 4) is 5.75 Å². The highest BCUT2D eigenvalue weighted by atomic mass is 127. The van der Waals surface area contributed by atoms with Crippen molar-refractivity contribution >= 4 is 34.4 Å². The van der Waals surface area contributed by atoms with Crippen LogP contribution in [0.1, 0.15) is 44.1 Å². The normalized spacial score (nSPS) is 28.1. The molecule has 2 amide bonds. The van der Waals surface area contributed by atoms with Crippen LogP contribution in [0.3, 0.4) is 0 Å². The second-order valence-electron chi connectivity index (χ2n) is 10.7. The molecule has 1 aromatic carbocycles. The number of carbonyl (C=O) groups excluding carboxylic acids is 2. The SMILES string of the molecule is O=C(NCCO)C1=CC(Oc2ccccc2I)C(O)C(N(Cc2ccoc2)C(=O)CC2CC3CCC2C3)C1. The molecule has 2 aromatic rings. The van der Waals surface area contributed by atoms with E-state index in [1.165, 1.54) is 19.3 Å². The molecule has 3 aliphatic carbocycles. The Morgan fingerprint density at radius 3 is 2.71 bits per heavy atom. The lowest BCUT2D eigenvalue weighted by molar-refractivity contribution is -0.141. The van der Waals surface area contributed by atoms with Gasteiger partial charge in [-0.2, -0.15) is 0 Å². The number of ether oxygens (including phenoxy) is 1. The fourth-order valence-electron chi connectivity index (χ4n) is 6.40. The highest BCUT2D eigenvalue weighted by Gasteiger charge is 2.44. The monoisotopic (exact) mass is 634 g/mol. The Morgan fingerprint density at radius 2 is 2.03 bits per heavy atom. The summed E-state index contributed by atoms with van der Waals surface area (Å²) in [5.41, 5.74) is 1.25. The summed E-state index contributed by atoms with van der Waals surface area (Å²) in [5, 5.41) is 23.5. The number of hydrogen-bond donors (Lipinski definition) is 3. The van der Waals surface area contributed by atoms with Gasteiger partial charge in [-0.25, -0.2) is 0 Å². The highest BCUT2D eigenvalue weighted by molar-refractivity contribution is 14.1. The lowest BCUT2D eigenvalue weighted by Crippen LogP contribution is -2.55. The number of carbonyl (C=O) groups is 2. The number of aliphatic hydroxyl groups is 2. The second kappa shape index (κ2) is 12.2. The minimum atomic E-state index is -1.05. The maximum absolute atomic E-state index is 13.9. The Kier molecular flexibility index (Phi) is 8.74. The number of amides is 2. The summed E-state index contributed by atoms with van der Waals surface area (Å²) >= 11 is 2.17. The van der Waals surface area contributed by atoms with Crippen molar-refractivity contribution in [2.24, 2.45) is 17.8 Å². The predicted molar refractivity (Wildman–Crippen MR) is 149 cm³/mol. The predicted octanol–water partition coefficient (Wildman–Crippen LogP) is 3.65. The van der Waals surface area contributed by atoms with Gasteiger partial charge in [0.2, 0.25) is 11.8 Å². The van der Waals surface area contributed by atoms with Gasteiger partial charge < -0.3 is 29.6 Å². The number of halogens is 1. The van der Waals surface area contributed by atoms with Crippen molar-refractivity contribution < 1.29 is 29.0 Å². The van der Waals surface area contributed by atoms with E-state index in [0.717, 1.165) is 21.5 Å². The number of aliphatic hydroxyl groups excluding tert-OH is 2. The maximum Gasteiger partial charge on any atom is 0.247 e. The number of rotatable bonds is 10. The smallest absolute Gasteiger partial charge is 0.247 e. The first-order valence-electron chi connectivity index (χ1n) is 13.4. The molecule has 1 heterocycles. The summed E-state index contributed by atoms with van der Waals surface area (Å²) in [5.74, 6) is 1.95. The van der Waals surface area contributed by atoms with Crippen molar-refractivity contribution in [1.82, 2.24) is 10.2 Å². The van der Waals surface area contributed by atoms with Gasteiger partial charge in [0.1, 0.15) is 18.0 Å². The van der Waals surface area contributed by atoms with Crippen LogP contribution >= 0.6 is 22.6 Å². The van der Waals surface area contributed by atoms with Crippen LogP contribution in [0.15, 0.2) is 58.9 Å². The third-order valence-electron chi connectivity index (χ3n) is 8.29. The molecule has 5 rings (SSSR count). The largest absolute Gasteiger partial charge is 0.482 e. The zero-order chi connectivity index (χ0) is 26.6. The third-order valence-corrected chi connectivity index (χ3v) is 9.18. The molecule has 0 saturated heterocycles. The second-order valence-corrected chi connectivity index (χ2v) is 11.9. The first-order valence-corrected chi connectivity index (χ1v) is 14.5. The van der Waals surface area contributed by atoms with E-state index in [4.69, 9.17) is 9.15 Å². The fraction of sp³-hybridized carbons (Fsp3) is 0.517. The lowest BCUT2D eigenvalue weighted by atomic mass is 9.84. The van der Waals surface area contributed by atoms with Crippen molar-refractivity contribution in [3.63, 3.8) is 0 Å². The Labute approximate surface area is 236 Å². The van der Waals surface area contributed by atoms with Crippen molar-refractivity contribution in [2.75, 3.05) is 13.2 Å². The summed E-state index contributed by atoms with van der Waals surface area (Å²) < 4.78 is 12.4. The fourth-order valence-corrected chi connectivity index (χ4v) is 6.92. The van der Waals surface area contributed by atoms with Gasteiger partial charge in [0.15, 0.2) is 0 Å². The minimum Gasteiger partial charge on any atom is -0.482 e. The molecule has 204 valence electrons. The molecule has 6 unspecified atom stereocenters. The Bertz CT molecular complexity index is 1150. The van der Waals surface area contributed by atoms with Crippen LogP contribution in [0.4, 0.5) is 0 Å². The molecule has 3 aliphatic rings. The van der Waals surface area contributed by atoms with E-state index in [9.17, 15) is 19.8 Å². The number of fused-ring (bicyclic) bond motifs is 2. The number of hydrogen-bond acceptors (Lipinski definition) is 6.